The second-order valence-corrected chi connectivity index (χ2v) is 27.3. The summed E-state index contributed by atoms with van der Waals surface area (Å²) < 4.78 is 16.5. The fourth-order valence-corrected chi connectivity index (χ4v) is 9.40. The molecule has 1 saturated carbocycles. The van der Waals surface area contributed by atoms with Crippen LogP contribution in [0.25, 0.3) is 0 Å². The third kappa shape index (κ3) is 27.0. The summed E-state index contributed by atoms with van der Waals surface area (Å²) in [5.74, 6) is 4.37. The van der Waals surface area contributed by atoms with E-state index in [4.69, 9.17) is 6.58 Å². The average molecular weight is 1250 g/mol. The van der Waals surface area contributed by atoms with Crippen molar-refractivity contribution in [2.45, 2.75) is 227 Å². The molecule has 0 N–H and O–H groups in total. The first kappa shape index (κ1) is 74.8. The third-order valence-electron chi connectivity index (χ3n) is 12.4. The number of aromatic nitrogens is 10. The molecule has 0 aromatic carbocycles. The summed E-state index contributed by atoms with van der Waals surface area (Å²) in [5, 5.41) is 4.29. The van der Waals surface area contributed by atoms with Gasteiger partial charge < -0.3 is 20.3 Å². The van der Waals surface area contributed by atoms with Crippen molar-refractivity contribution >= 4 is 6.21 Å². The van der Waals surface area contributed by atoms with Gasteiger partial charge in [0.15, 0.2) is 13.2 Å². The Bertz CT molecular complexity index is 2280. The van der Waals surface area contributed by atoms with Crippen LogP contribution in [0.15, 0.2) is 61.8 Å². The van der Waals surface area contributed by atoms with Crippen molar-refractivity contribution in [3.63, 3.8) is 0 Å². The van der Waals surface area contributed by atoms with E-state index in [1.807, 2.05) is 77.8 Å². The summed E-state index contributed by atoms with van der Waals surface area (Å²) in [5.41, 5.74) is 6.44. The fourth-order valence-electron chi connectivity index (χ4n) is 9.40. The molecule has 74 heavy (non-hydrogen) atoms. The van der Waals surface area contributed by atoms with Crippen LogP contribution in [-0.2, 0) is 62.6 Å². The molecule has 5 heterocycles. The molecule has 2 atom stereocenters. The fraction of sp³-hybridized carbons (Fsp3) is 0.710. The number of hydrogen-bond acceptors (Lipinski definition) is 3. The number of imidazole rings is 3. The molecule has 1 aliphatic carbocycles. The zero-order valence-corrected chi connectivity index (χ0v) is 57.2. The first-order chi connectivity index (χ1) is 32.3. The van der Waals surface area contributed by atoms with Gasteiger partial charge in [-0.15, -0.1) is 4.68 Å². The van der Waals surface area contributed by atoms with E-state index >= 15 is 0 Å². The minimum Gasteiger partial charge on any atom is -0.554 e. The van der Waals surface area contributed by atoms with Gasteiger partial charge in [-0.25, -0.2) is 19.1 Å². The maximum Gasteiger partial charge on any atom is 2.00 e. The molecule has 0 radical (unpaired) electrons. The zero-order valence-electron chi connectivity index (χ0n) is 53.0. The van der Waals surface area contributed by atoms with Gasteiger partial charge in [-0.1, -0.05) is 131 Å². The van der Waals surface area contributed by atoms with Crippen LogP contribution < -0.4 is 9.25 Å². The Labute approximate surface area is 481 Å². The second-order valence-electron chi connectivity index (χ2n) is 27.3. The van der Waals surface area contributed by atoms with Crippen molar-refractivity contribution in [1.82, 2.24) is 38.1 Å². The molecule has 5 aromatic rings. The normalized spacial score (nSPS) is 15.0. The standard InChI is InChI=1S/C10H20.C9H17N2.2C9H16N2.C8H14N2.C8H15N2.C8H14N.CH4.U/c1-8-6-5-7-9(8)10(2,3)4;1-8-10(5)6-7-11(8)9(2,3)4;1-7-8(9(2,3)4)11(5)6-10-7;1-7-6-8(9(2,3)4)11(5)10-7;1-8(2,3)7-9-5-6-10(7)4;1-8(2,3)10-7-5-6-9(10)4;1-6-9(5)7-8(2,3)4;;/h8-9H,5-7H2,1-4H3;6-7H,1-5H3;2*6H,1-5H3;5-6H,1-4H3;5-7H,1-4H3;1,6H,2-5H3;1H4;/q;+1;;;;+1;-1;;+2. The molecule has 11 nitrogen and oxygen atoms in total. The predicted octanol–water partition coefficient (Wildman–Crippen LogP) is 13.9. The molecule has 1 fully saturated rings. The summed E-state index contributed by atoms with van der Waals surface area (Å²) in [4.78, 5) is 8.50. The van der Waals surface area contributed by atoms with E-state index in [1.165, 1.54) is 42.7 Å². The Morgan fingerprint density at radius 1 is 0.716 bits per heavy atom. The molecule has 12 heteroatoms. The van der Waals surface area contributed by atoms with Gasteiger partial charge in [0, 0.05) is 80.4 Å². The second kappa shape index (κ2) is 30.5. The molecule has 0 saturated heterocycles. The quantitative estimate of drug-likeness (QED) is 0.0953. The minimum atomic E-state index is 0. The Morgan fingerprint density at radius 3 is 1.43 bits per heavy atom. The molecule has 5 aromatic heterocycles. The average Bonchev–Trinajstić information content (AvgIpc) is 4.05. The Morgan fingerprint density at radius 2 is 1.26 bits per heavy atom. The van der Waals surface area contributed by atoms with Crippen LogP contribution in [-0.4, -0.2) is 56.0 Å². The van der Waals surface area contributed by atoms with Gasteiger partial charge in [-0.3, -0.25) is 4.68 Å². The van der Waals surface area contributed by atoms with Crippen molar-refractivity contribution in [2.24, 2.45) is 57.9 Å². The molecular formula is C62H116N11U+3. The van der Waals surface area contributed by atoms with Crippen LogP contribution in [0.2, 0.25) is 0 Å². The Kier molecular flexibility index (Phi) is 30.8. The third-order valence-corrected chi connectivity index (χ3v) is 12.4. The predicted molar refractivity (Wildman–Crippen MR) is 313 cm³/mol. The van der Waals surface area contributed by atoms with Gasteiger partial charge in [0.25, 0.3) is 5.82 Å². The maximum absolute atomic E-state index is 5.22. The van der Waals surface area contributed by atoms with Crippen LogP contribution >= 0.6 is 0 Å². The summed E-state index contributed by atoms with van der Waals surface area (Å²) in [7, 11) is 12.0. The molecule has 0 aliphatic heterocycles. The van der Waals surface area contributed by atoms with E-state index in [-0.39, 0.29) is 71.3 Å². The van der Waals surface area contributed by atoms with Crippen LogP contribution in [0.3, 0.4) is 0 Å². The molecule has 6 rings (SSSR count). The van der Waals surface area contributed by atoms with E-state index in [2.05, 4.69) is 247 Å². The van der Waals surface area contributed by atoms with E-state index in [0.717, 1.165) is 29.0 Å². The monoisotopic (exact) mass is 1250 g/mol. The molecule has 0 amide bonds. The first-order valence-electron chi connectivity index (χ1n) is 26.4. The number of aryl methyl sites for hydroxylation is 7. The summed E-state index contributed by atoms with van der Waals surface area (Å²) in [6.07, 6.45) is 23.0. The molecule has 0 bridgehead atoms. The van der Waals surface area contributed by atoms with Gasteiger partial charge in [-0.2, -0.15) is 16.0 Å². The van der Waals surface area contributed by atoms with Crippen molar-refractivity contribution in [1.29, 1.82) is 0 Å². The van der Waals surface area contributed by atoms with E-state index in [0.29, 0.717) is 5.41 Å². The molecular weight excluding hydrogens is 1140 g/mol. The van der Waals surface area contributed by atoms with Gasteiger partial charge in [0.1, 0.15) is 30.8 Å². The molecule has 1 aliphatic rings. The largest absolute Gasteiger partial charge is 2.00 e. The van der Waals surface area contributed by atoms with E-state index in [1.54, 1.807) is 4.58 Å². The van der Waals surface area contributed by atoms with Crippen molar-refractivity contribution in [2.75, 3.05) is 7.05 Å². The topological polar surface area (TPSA) is 74.1 Å². The van der Waals surface area contributed by atoms with Gasteiger partial charge >= 0.3 is 31.1 Å². The Hall–Kier alpha value is -3.49. The summed E-state index contributed by atoms with van der Waals surface area (Å²) >= 11 is 0. The number of rotatable bonds is 1. The number of nitrogens with zero attached hydrogens (tertiary/aromatic N) is 11. The molecule has 420 valence electrons. The van der Waals surface area contributed by atoms with Crippen LogP contribution in [0.4, 0.5) is 0 Å². The van der Waals surface area contributed by atoms with Crippen molar-refractivity contribution < 1.29 is 44.9 Å². The molecule has 0 spiro atoms. The van der Waals surface area contributed by atoms with Crippen LogP contribution in [0.1, 0.15) is 213 Å². The molecule has 2 unspecified atom stereocenters. The first-order valence-corrected chi connectivity index (χ1v) is 26.4. The number of hydrogen-bond donors (Lipinski definition) is 0. The van der Waals surface area contributed by atoms with Crippen molar-refractivity contribution in [3.8, 4) is 0 Å². The van der Waals surface area contributed by atoms with Crippen LogP contribution in [0.5, 0.6) is 0 Å². The zero-order chi connectivity index (χ0) is 56.8. The van der Waals surface area contributed by atoms with Gasteiger partial charge in [0.2, 0.25) is 0 Å². The maximum atomic E-state index is 5.22. The summed E-state index contributed by atoms with van der Waals surface area (Å²) in [6, 6.07) is 4.19. The van der Waals surface area contributed by atoms with Gasteiger partial charge in [-0.05, 0) is 90.5 Å². The van der Waals surface area contributed by atoms with Crippen LogP contribution in [0, 0.1) is 81.1 Å². The van der Waals surface area contributed by atoms with Gasteiger partial charge in [0.05, 0.1) is 36.5 Å². The van der Waals surface area contributed by atoms with Crippen molar-refractivity contribution in [3.05, 3.63) is 103 Å². The Balaban J connectivity index is -0.000000792. The SMILES string of the molecule is C.CC1CCCC1C(C)(C)C.C[n+]1cccn1C(C)(C)C.Cc1cc(C(C)(C)C)n(C)n1.Cc1n(C(C)(C)C)cc[n+]1C.Cc1ncn(C)c1C(C)(C)C.Cn1ccnc1C(C)(C)C.[CH-]=C[N+](C)=[C-]C(C)(C)C.[U+2]. The summed E-state index contributed by atoms with van der Waals surface area (Å²) in [6.45, 7) is 60.1. The van der Waals surface area contributed by atoms with E-state index in [9.17, 15) is 0 Å². The smallest absolute Gasteiger partial charge is 0.554 e. The van der Waals surface area contributed by atoms with E-state index < -0.39 is 0 Å². The minimum absolute atomic E-state index is 0.